The summed E-state index contributed by atoms with van der Waals surface area (Å²) in [6.45, 7) is 0. The van der Waals surface area contributed by atoms with Gasteiger partial charge in [-0.3, -0.25) is 5.41 Å². The molecular formula is C14H10N3+. The highest BCUT2D eigenvalue weighted by molar-refractivity contribution is 5.80. The van der Waals surface area contributed by atoms with E-state index in [9.17, 15) is 0 Å². The van der Waals surface area contributed by atoms with Gasteiger partial charge in [0.2, 0.25) is 0 Å². The Bertz CT molecular complexity index is 600. The van der Waals surface area contributed by atoms with Gasteiger partial charge in [-0.1, -0.05) is 30.3 Å². The Kier molecular flexibility index (Phi) is 3.11. The molecule has 1 N–H and O–H groups in total. The monoisotopic (exact) mass is 220 g/mol. The van der Waals surface area contributed by atoms with Crippen molar-refractivity contribution in [2.24, 2.45) is 0 Å². The van der Waals surface area contributed by atoms with E-state index in [0.717, 1.165) is 11.1 Å². The van der Waals surface area contributed by atoms with Gasteiger partial charge in [0.05, 0.1) is 5.87 Å². The summed E-state index contributed by atoms with van der Waals surface area (Å²) in [6.07, 6.45) is 3.50. The molecule has 1 aromatic carbocycles. The fraction of sp³-hybridized carbons (Fsp3) is 0. The van der Waals surface area contributed by atoms with Gasteiger partial charge in [0.25, 0.3) is 0 Å². The first-order chi connectivity index (χ1) is 8.35. The SMILES string of the molecule is N#CC(=C=N)[n+]1ccc(-c2ccccc2)cc1. The molecule has 3 nitrogen and oxygen atoms in total. The van der Waals surface area contributed by atoms with Gasteiger partial charge in [-0.2, -0.15) is 5.26 Å². The highest BCUT2D eigenvalue weighted by Gasteiger charge is 2.08. The molecule has 3 heteroatoms. The number of aromatic nitrogens is 1. The third kappa shape index (κ3) is 2.28. The molecule has 0 radical (unpaired) electrons. The van der Waals surface area contributed by atoms with Gasteiger partial charge in [0.1, 0.15) is 0 Å². The van der Waals surface area contributed by atoms with E-state index in [2.05, 4.69) is 5.87 Å². The van der Waals surface area contributed by atoms with Crippen LogP contribution in [0.1, 0.15) is 0 Å². The highest BCUT2D eigenvalue weighted by Crippen LogP contribution is 2.16. The van der Waals surface area contributed by atoms with Gasteiger partial charge in [-0.25, -0.2) is 0 Å². The molecule has 80 valence electrons. The van der Waals surface area contributed by atoms with Crippen LogP contribution < -0.4 is 4.57 Å². The van der Waals surface area contributed by atoms with Crippen molar-refractivity contribution in [3.63, 3.8) is 0 Å². The molecule has 2 aromatic rings. The zero-order valence-electron chi connectivity index (χ0n) is 9.09. The average molecular weight is 220 g/mol. The van der Waals surface area contributed by atoms with Crippen molar-refractivity contribution >= 4 is 11.6 Å². The maximum Gasteiger partial charge on any atom is 0.351 e. The normalized spacial score (nSPS) is 9.12. The summed E-state index contributed by atoms with van der Waals surface area (Å²) in [4.78, 5) is 0. The van der Waals surface area contributed by atoms with E-state index in [1.54, 1.807) is 17.0 Å². The van der Waals surface area contributed by atoms with Gasteiger partial charge in [-0.05, 0) is 11.1 Å². The Morgan fingerprint density at radius 3 is 2.12 bits per heavy atom. The smallest absolute Gasteiger partial charge is 0.252 e. The van der Waals surface area contributed by atoms with Gasteiger partial charge < -0.3 is 0 Å². The third-order valence-corrected chi connectivity index (χ3v) is 2.42. The van der Waals surface area contributed by atoms with Crippen molar-refractivity contribution in [3.8, 4) is 17.2 Å². The van der Waals surface area contributed by atoms with Crippen LogP contribution in [0.5, 0.6) is 0 Å². The van der Waals surface area contributed by atoms with Crippen LogP contribution in [0.15, 0.2) is 54.9 Å². The topological polar surface area (TPSA) is 51.5 Å². The summed E-state index contributed by atoms with van der Waals surface area (Å²) in [7, 11) is 0. The minimum absolute atomic E-state index is 0.171. The van der Waals surface area contributed by atoms with Crippen LogP contribution in [0.25, 0.3) is 16.8 Å². The van der Waals surface area contributed by atoms with Crippen LogP contribution in [0.4, 0.5) is 0 Å². The second-order valence-corrected chi connectivity index (χ2v) is 3.45. The fourth-order valence-electron chi connectivity index (χ4n) is 1.55. The lowest BCUT2D eigenvalue weighted by Gasteiger charge is -1.98. The number of nitrogens with one attached hydrogen (secondary N) is 1. The number of nitrogens with zero attached hydrogens (tertiary/aromatic N) is 2. The molecule has 17 heavy (non-hydrogen) atoms. The predicted octanol–water partition coefficient (Wildman–Crippen LogP) is 2.25. The number of hydrogen-bond acceptors (Lipinski definition) is 2. The van der Waals surface area contributed by atoms with Crippen LogP contribution in [-0.2, 0) is 0 Å². The van der Waals surface area contributed by atoms with E-state index < -0.39 is 0 Å². The number of hydrogen-bond donors (Lipinski definition) is 1. The zero-order valence-corrected chi connectivity index (χ0v) is 9.09. The van der Waals surface area contributed by atoms with Crippen molar-refractivity contribution in [3.05, 3.63) is 54.9 Å². The third-order valence-electron chi connectivity index (χ3n) is 2.42. The number of nitriles is 1. The second-order valence-electron chi connectivity index (χ2n) is 3.45. The van der Waals surface area contributed by atoms with Crippen molar-refractivity contribution in [2.45, 2.75) is 0 Å². The number of allylic oxidation sites excluding steroid dienone is 1. The minimum Gasteiger partial charge on any atom is -0.252 e. The molecule has 0 bridgehead atoms. The van der Waals surface area contributed by atoms with Gasteiger partial charge in [0.15, 0.2) is 18.5 Å². The molecule has 0 aliphatic carbocycles. The minimum atomic E-state index is 0.171. The number of benzene rings is 1. The first-order valence-electron chi connectivity index (χ1n) is 5.12. The van der Waals surface area contributed by atoms with Crippen LogP contribution in [0, 0.1) is 16.7 Å². The molecule has 1 aromatic heterocycles. The van der Waals surface area contributed by atoms with Gasteiger partial charge in [-0.15, -0.1) is 4.57 Å². The summed E-state index contributed by atoms with van der Waals surface area (Å²) < 4.78 is 1.57. The van der Waals surface area contributed by atoms with Crippen LogP contribution in [0.3, 0.4) is 0 Å². The highest BCUT2D eigenvalue weighted by atomic mass is 14.9. The van der Waals surface area contributed by atoms with Crippen molar-refractivity contribution < 1.29 is 4.57 Å². The van der Waals surface area contributed by atoms with E-state index >= 15 is 0 Å². The second kappa shape index (κ2) is 4.89. The van der Waals surface area contributed by atoms with Crippen molar-refractivity contribution in [2.75, 3.05) is 0 Å². The molecule has 0 aliphatic heterocycles. The first kappa shape index (κ1) is 10.8. The Hall–Kier alpha value is -2.69. The molecular weight excluding hydrogens is 210 g/mol. The summed E-state index contributed by atoms with van der Waals surface area (Å²) in [5.41, 5.74) is 2.37. The average Bonchev–Trinajstić information content (AvgIpc) is 2.42. The predicted molar refractivity (Wildman–Crippen MR) is 65.1 cm³/mol. The fourth-order valence-corrected chi connectivity index (χ4v) is 1.55. The Morgan fingerprint density at radius 2 is 1.59 bits per heavy atom. The molecule has 0 fully saturated rings. The largest absolute Gasteiger partial charge is 0.351 e. The first-order valence-corrected chi connectivity index (χ1v) is 5.12. The molecule has 0 spiro atoms. The lowest BCUT2D eigenvalue weighted by molar-refractivity contribution is -0.575. The summed E-state index contributed by atoms with van der Waals surface area (Å²) in [6, 6.07) is 15.7. The molecule has 0 amide bonds. The van der Waals surface area contributed by atoms with E-state index in [0.29, 0.717) is 0 Å². The molecule has 1 heterocycles. The maximum absolute atomic E-state index is 8.78. The molecule has 0 atom stereocenters. The quantitative estimate of drug-likeness (QED) is 0.471. The van der Waals surface area contributed by atoms with E-state index in [1.165, 1.54) is 0 Å². The van der Waals surface area contributed by atoms with Crippen LogP contribution in [-0.4, -0.2) is 5.87 Å². The van der Waals surface area contributed by atoms with Crippen LogP contribution in [0.2, 0.25) is 0 Å². The Balaban J connectivity index is 2.38. The molecule has 0 unspecified atom stereocenters. The lowest BCUT2D eigenvalue weighted by Crippen LogP contribution is -2.30. The maximum atomic E-state index is 8.78. The molecule has 0 saturated heterocycles. The Morgan fingerprint density at radius 1 is 1.00 bits per heavy atom. The van der Waals surface area contributed by atoms with Gasteiger partial charge in [0, 0.05) is 12.1 Å². The van der Waals surface area contributed by atoms with E-state index in [1.807, 2.05) is 48.5 Å². The lowest BCUT2D eigenvalue weighted by atomic mass is 10.1. The number of rotatable bonds is 2. The summed E-state index contributed by atoms with van der Waals surface area (Å²) in [5.74, 6) is 2.10. The summed E-state index contributed by atoms with van der Waals surface area (Å²) in [5, 5.41) is 15.8. The van der Waals surface area contributed by atoms with Crippen molar-refractivity contribution in [1.29, 1.82) is 10.7 Å². The summed E-state index contributed by atoms with van der Waals surface area (Å²) >= 11 is 0. The molecule has 0 aliphatic rings. The van der Waals surface area contributed by atoms with E-state index in [4.69, 9.17) is 10.7 Å². The van der Waals surface area contributed by atoms with Crippen LogP contribution >= 0.6 is 0 Å². The zero-order chi connectivity index (χ0) is 12.1. The number of pyridine rings is 1. The van der Waals surface area contributed by atoms with E-state index in [-0.39, 0.29) is 5.70 Å². The van der Waals surface area contributed by atoms with Gasteiger partial charge >= 0.3 is 5.70 Å². The standard InChI is InChI=1S/C14H10N3/c15-10-14(11-16)17-8-6-13(7-9-17)12-4-2-1-3-5-12/h1-9,15H/q+1. The molecule has 2 rings (SSSR count). The molecule has 0 saturated carbocycles. The van der Waals surface area contributed by atoms with Crippen molar-refractivity contribution in [1.82, 2.24) is 0 Å². The Labute approximate surface area is 99.4 Å².